The molecule has 0 aliphatic heterocycles. The highest BCUT2D eigenvalue weighted by Crippen LogP contribution is 2.63. The van der Waals surface area contributed by atoms with Crippen molar-refractivity contribution in [2.24, 2.45) is 0 Å². The molecule has 0 bridgehead atoms. The summed E-state index contributed by atoms with van der Waals surface area (Å²) in [5.41, 5.74) is 11.0. The highest BCUT2D eigenvalue weighted by atomic mass is 35.5. The third-order valence-electron chi connectivity index (χ3n) is 10.5. The van der Waals surface area contributed by atoms with Gasteiger partial charge < -0.3 is 9.52 Å². The van der Waals surface area contributed by atoms with Gasteiger partial charge in [0, 0.05) is 21.4 Å². The molecule has 1 N–H and O–H groups in total. The normalized spacial score (nSPS) is 14.9. The van der Waals surface area contributed by atoms with Crippen LogP contribution in [0.5, 0.6) is 0 Å². The topological polar surface area (TPSA) is 33.4 Å². The predicted molar refractivity (Wildman–Crippen MR) is 190 cm³/mol. The first-order valence-corrected chi connectivity index (χ1v) is 16.3. The molecule has 2 aliphatic rings. The second-order valence-corrected chi connectivity index (χ2v) is 13.1. The third kappa shape index (κ3) is 3.39. The Kier molecular flexibility index (Phi) is 5.44. The zero-order valence-electron chi connectivity index (χ0n) is 25.2. The molecule has 0 fully saturated rings. The second kappa shape index (κ2) is 9.56. The zero-order valence-corrected chi connectivity index (χ0v) is 26.0. The van der Waals surface area contributed by atoms with Crippen molar-refractivity contribution in [1.29, 1.82) is 0 Å². The fourth-order valence-corrected chi connectivity index (χ4v) is 8.78. The van der Waals surface area contributed by atoms with E-state index in [0.29, 0.717) is 5.02 Å². The molecule has 0 unspecified atom stereocenters. The number of furan rings is 1. The molecule has 0 radical (unpaired) electrons. The summed E-state index contributed by atoms with van der Waals surface area (Å²) in [4.78, 5) is 0. The molecule has 0 atom stereocenters. The summed E-state index contributed by atoms with van der Waals surface area (Å²) in [6.45, 7) is 0. The van der Waals surface area contributed by atoms with E-state index in [4.69, 9.17) is 16.0 Å². The standard InChI is InChI=1S/C44H27ClO2/c45-28-22-23-29(27-21-24-42-33(25-27)32-13-3-10-20-41(32)47-42)40(26-28)44(46)38-18-8-6-16-36(38)43(37-17-7-9-19-39(37)44)34-14-4-1-11-30(34)31-12-2-5-15-35(31)43/h1-26,46H. The summed E-state index contributed by atoms with van der Waals surface area (Å²) < 4.78 is 6.16. The Morgan fingerprint density at radius 3 is 1.62 bits per heavy atom. The highest BCUT2D eigenvalue weighted by Gasteiger charge is 2.56. The van der Waals surface area contributed by atoms with Crippen LogP contribution in [-0.4, -0.2) is 5.11 Å². The SMILES string of the molecule is OC1(c2cc(Cl)ccc2-c2ccc3oc4ccccc4c3c2)c2ccccc2C2(c3ccccc3-c3ccccc32)c2ccccc21. The zero-order chi connectivity index (χ0) is 31.3. The molecule has 0 saturated carbocycles. The van der Waals surface area contributed by atoms with Crippen molar-refractivity contribution < 1.29 is 9.52 Å². The van der Waals surface area contributed by atoms with Crippen molar-refractivity contribution in [2.45, 2.75) is 11.0 Å². The number of halogens is 1. The Bertz CT molecular complexity index is 2480. The first-order chi connectivity index (χ1) is 23.1. The quantitative estimate of drug-likeness (QED) is 0.208. The Morgan fingerprint density at radius 1 is 0.426 bits per heavy atom. The summed E-state index contributed by atoms with van der Waals surface area (Å²) in [7, 11) is 0. The van der Waals surface area contributed by atoms with E-state index >= 15 is 0 Å². The van der Waals surface area contributed by atoms with E-state index in [-0.39, 0.29) is 0 Å². The van der Waals surface area contributed by atoms with Crippen molar-refractivity contribution in [3.05, 3.63) is 202 Å². The van der Waals surface area contributed by atoms with Crippen LogP contribution in [0.4, 0.5) is 0 Å². The predicted octanol–water partition coefficient (Wildman–Crippen LogP) is 10.9. The van der Waals surface area contributed by atoms with E-state index in [2.05, 4.69) is 103 Å². The van der Waals surface area contributed by atoms with Gasteiger partial charge in [0.25, 0.3) is 0 Å². The Morgan fingerprint density at radius 2 is 0.957 bits per heavy atom. The van der Waals surface area contributed by atoms with Crippen LogP contribution in [0, 0.1) is 0 Å². The van der Waals surface area contributed by atoms with Crippen LogP contribution in [0.25, 0.3) is 44.2 Å². The van der Waals surface area contributed by atoms with Crippen molar-refractivity contribution in [3.8, 4) is 22.3 Å². The van der Waals surface area contributed by atoms with Gasteiger partial charge in [-0.15, -0.1) is 0 Å². The molecule has 0 amide bonds. The number of rotatable bonds is 2. The fraction of sp³-hybridized carbons (Fsp3) is 0.0455. The molecule has 222 valence electrons. The second-order valence-electron chi connectivity index (χ2n) is 12.6. The maximum Gasteiger partial charge on any atom is 0.141 e. The van der Waals surface area contributed by atoms with E-state index in [9.17, 15) is 5.11 Å². The molecule has 8 aromatic rings. The monoisotopic (exact) mass is 622 g/mol. The summed E-state index contributed by atoms with van der Waals surface area (Å²) in [5, 5.41) is 16.3. The molecule has 7 aromatic carbocycles. The van der Waals surface area contributed by atoms with Crippen LogP contribution >= 0.6 is 11.6 Å². The van der Waals surface area contributed by atoms with Crippen LogP contribution in [-0.2, 0) is 11.0 Å². The van der Waals surface area contributed by atoms with Crippen LogP contribution in [0.1, 0.15) is 38.9 Å². The van der Waals surface area contributed by atoms with Crippen LogP contribution in [0.2, 0.25) is 5.02 Å². The van der Waals surface area contributed by atoms with Gasteiger partial charge in [0.15, 0.2) is 0 Å². The average molecular weight is 623 g/mol. The lowest BCUT2D eigenvalue weighted by Gasteiger charge is -2.47. The molecule has 10 rings (SSSR count). The smallest absolute Gasteiger partial charge is 0.141 e. The van der Waals surface area contributed by atoms with Crippen molar-refractivity contribution in [1.82, 2.24) is 0 Å². The maximum absolute atomic E-state index is 13.6. The van der Waals surface area contributed by atoms with Crippen molar-refractivity contribution in [2.75, 3.05) is 0 Å². The molecule has 0 saturated heterocycles. The van der Waals surface area contributed by atoms with Crippen LogP contribution < -0.4 is 0 Å². The van der Waals surface area contributed by atoms with Crippen molar-refractivity contribution in [3.63, 3.8) is 0 Å². The molecule has 47 heavy (non-hydrogen) atoms. The highest BCUT2D eigenvalue weighted by molar-refractivity contribution is 6.30. The molecule has 2 nitrogen and oxygen atoms in total. The summed E-state index contributed by atoms with van der Waals surface area (Å²) >= 11 is 6.82. The Balaban J connectivity index is 1.30. The Hall–Kier alpha value is -5.41. The number of para-hydroxylation sites is 1. The minimum Gasteiger partial charge on any atom is -0.456 e. The van der Waals surface area contributed by atoms with Gasteiger partial charge in [0.2, 0.25) is 0 Å². The van der Waals surface area contributed by atoms with Gasteiger partial charge in [0.1, 0.15) is 16.8 Å². The average Bonchev–Trinajstić information content (AvgIpc) is 3.64. The molecule has 1 spiro atoms. The molecule has 1 aromatic heterocycles. The minimum absolute atomic E-state index is 0.568. The number of benzene rings is 7. The van der Waals surface area contributed by atoms with Gasteiger partial charge in [-0.3, -0.25) is 0 Å². The maximum atomic E-state index is 13.6. The number of fused-ring (bicyclic) bond motifs is 12. The molecule has 2 aliphatic carbocycles. The fourth-order valence-electron chi connectivity index (χ4n) is 8.61. The molecular formula is C44H27ClO2. The largest absolute Gasteiger partial charge is 0.456 e. The van der Waals surface area contributed by atoms with Crippen molar-refractivity contribution >= 4 is 33.5 Å². The summed E-state index contributed by atoms with van der Waals surface area (Å²) in [6.07, 6.45) is 0. The van der Waals surface area contributed by atoms with Gasteiger partial charge in [-0.25, -0.2) is 0 Å². The van der Waals surface area contributed by atoms with Gasteiger partial charge in [0.05, 0.1) is 5.41 Å². The molecule has 3 heteroatoms. The van der Waals surface area contributed by atoms with E-state index in [1.165, 1.54) is 22.3 Å². The summed E-state index contributed by atoms with van der Waals surface area (Å²) in [5.74, 6) is 0. The first-order valence-electron chi connectivity index (χ1n) is 15.9. The number of hydrogen-bond acceptors (Lipinski definition) is 2. The number of hydrogen-bond donors (Lipinski definition) is 1. The van der Waals surface area contributed by atoms with E-state index in [1.807, 2.05) is 54.6 Å². The van der Waals surface area contributed by atoms with Gasteiger partial charge >= 0.3 is 0 Å². The van der Waals surface area contributed by atoms with E-state index in [1.54, 1.807) is 0 Å². The van der Waals surface area contributed by atoms with Crippen LogP contribution in [0.15, 0.2) is 162 Å². The van der Waals surface area contributed by atoms with E-state index < -0.39 is 11.0 Å². The van der Waals surface area contributed by atoms with Gasteiger partial charge in [-0.05, 0) is 86.0 Å². The van der Waals surface area contributed by atoms with Crippen LogP contribution in [0.3, 0.4) is 0 Å². The van der Waals surface area contributed by atoms with Gasteiger partial charge in [-0.1, -0.05) is 139 Å². The minimum atomic E-state index is -1.50. The first kappa shape index (κ1) is 26.8. The lowest BCUT2D eigenvalue weighted by Crippen LogP contribution is -2.44. The Labute approximate surface area is 277 Å². The van der Waals surface area contributed by atoms with E-state index in [0.717, 1.165) is 60.9 Å². The van der Waals surface area contributed by atoms with Gasteiger partial charge in [-0.2, -0.15) is 0 Å². The molecular weight excluding hydrogens is 596 g/mol. The summed E-state index contributed by atoms with van der Waals surface area (Å²) in [6, 6.07) is 54.5. The lowest BCUT2D eigenvalue weighted by molar-refractivity contribution is 0.119. The molecule has 1 heterocycles. The number of aliphatic hydroxyl groups is 1. The third-order valence-corrected chi connectivity index (χ3v) is 10.7. The lowest BCUT2D eigenvalue weighted by atomic mass is 9.56.